The van der Waals surface area contributed by atoms with E-state index in [0.717, 1.165) is 29.2 Å². The van der Waals surface area contributed by atoms with Crippen LogP contribution in [-0.4, -0.2) is 54.2 Å². The summed E-state index contributed by atoms with van der Waals surface area (Å²) < 4.78 is 24.0. The van der Waals surface area contributed by atoms with E-state index in [4.69, 9.17) is 18.9 Å². The number of hydrogen-bond donors (Lipinski definition) is 2. The predicted octanol–water partition coefficient (Wildman–Crippen LogP) is 2.52. The fourth-order valence-corrected chi connectivity index (χ4v) is 4.66. The summed E-state index contributed by atoms with van der Waals surface area (Å²) in [6.07, 6.45) is 1.90. The quantitative estimate of drug-likeness (QED) is 0.744. The lowest BCUT2D eigenvalue weighted by atomic mass is 10.0. The molecule has 8 nitrogen and oxygen atoms in total. The minimum absolute atomic E-state index is 0.219. The molecule has 2 saturated heterocycles. The standard InChI is InChI=1S/C24H29N3O5/c1-14-18(8-5-9-25-14)31-19-13-30-21-17(12-29-22(19)21)27-23(28)26-11-16-7-4-6-15-10-24(2,3)32-20(15)16/h4-9,17,19,21-22H,10-13H2,1-3H3,(H2,26,27,28)/t17-,19-,21+,22+/m0/s1. The Hall–Kier alpha value is -2.84. The van der Waals surface area contributed by atoms with Gasteiger partial charge in [0.15, 0.2) is 6.10 Å². The lowest BCUT2D eigenvalue weighted by Crippen LogP contribution is -2.48. The van der Waals surface area contributed by atoms with E-state index < -0.39 is 0 Å². The number of aromatic nitrogens is 1. The van der Waals surface area contributed by atoms with Gasteiger partial charge >= 0.3 is 6.03 Å². The molecule has 5 rings (SSSR count). The third-order valence-corrected chi connectivity index (χ3v) is 6.17. The van der Waals surface area contributed by atoms with Gasteiger partial charge in [-0.15, -0.1) is 0 Å². The summed E-state index contributed by atoms with van der Waals surface area (Å²) in [6.45, 7) is 7.23. The molecule has 0 radical (unpaired) electrons. The highest BCUT2D eigenvalue weighted by molar-refractivity contribution is 5.74. The van der Waals surface area contributed by atoms with Crippen LogP contribution in [0.2, 0.25) is 0 Å². The molecule has 2 fully saturated rings. The number of hydrogen-bond acceptors (Lipinski definition) is 6. The second-order valence-electron chi connectivity index (χ2n) is 9.22. The molecule has 2 amide bonds. The van der Waals surface area contributed by atoms with Gasteiger partial charge in [-0.05, 0) is 38.5 Å². The third kappa shape index (κ3) is 4.12. The van der Waals surface area contributed by atoms with Crippen molar-refractivity contribution in [3.8, 4) is 11.5 Å². The van der Waals surface area contributed by atoms with Gasteiger partial charge in [-0.3, -0.25) is 4.98 Å². The molecule has 3 aliphatic heterocycles. The topological polar surface area (TPSA) is 90.9 Å². The Bertz CT molecular complexity index is 1010. The third-order valence-electron chi connectivity index (χ3n) is 6.17. The number of nitrogens with one attached hydrogen (secondary N) is 2. The molecule has 0 bridgehead atoms. The lowest BCUT2D eigenvalue weighted by Gasteiger charge is -2.20. The van der Waals surface area contributed by atoms with E-state index >= 15 is 0 Å². The van der Waals surface area contributed by atoms with Crippen molar-refractivity contribution in [2.24, 2.45) is 0 Å². The summed E-state index contributed by atoms with van der Waals surface area (Å²) in [4.78, 5) is 16.8. The number of pyridine rings is 1. The molecule has 0 saturated carbocycles. The zero-order valence-electron chi connectivity index (χ0n) is 18.6. The van der Waals surface area contributed by atoms with Gasteiger partial charge < -0.3 is 29.6 Å². The van der Waals surface area contributed by atoms with E-state index in [9.17, 15) is 4.79 Å². The van der Waals surface area contributed by atoms with Crippen molar-refractivity contribution in [3.05, 3.63) is 53.3 Å². The summed E-state index contributed by atoms with van der Waals surface area (Å²) in [7, 11) is 0. The number of carbonyl (C=O) groups excluding carboxylic acids is 1. The van der Waals surface area contributed by atoms with Crippen LogP contribution in [0, 0.1) is 6.92 Å². The maximum atomic E-state index is 12.6. The molecular formula is C24H29N3O5. The average molecular weight is 440 g/mol. The van der Waals surface area contributed by atoms with Gasteiger partial charge in [-0.2, -0.15) is 0 Å². The lowest BCUT2D eigenvalue weighted by molar-refractivity contribution is 0.0299. The van der Waals surface area contributed by atoms with Crippen molar-refractivity contribution >= 4 is 6.03 Å². The van der Waals surface area contributed by atoms with E-state index in [0.29, 0.717) is 19.8 Å². The molecule has 170 valence electrons. The zero-order chi connectivity index (χ0) is 22.3. The second kappa shape index (κ2) is 8.26. The van der Waals surface area contributed by atoms with Gasteiger partial charge in [0.1, 0.15) is 29.3 Å². The second-order valence-corrected chi connectivity index (χ2v) is 9.22. The van der Waals surface area contributed by atoms with E-state index in [1.807, 2.05) is 31.2 Å². The first-order valence-corrected chi connectivity index (χ1v) is 11.1. The Balaban J connectivity index is 1.15. The number of ether oxygens (including phenoxy) is 4. The maximum Gasteiger partial charge on any atom is 0.315 e. The molecule has 1 aromatic carbocycles. The van der Waals surface area contributed by atoms with Crippen LogP contribution in [0.5, 0.6) is 11.5 Å². The van der Waals surface area contributed by atoms with Gasteiger partial charge in [-0.25, -0.2) is 4.79 Å². The highest BCUT2D eigenvalue weighted by Crippen LogP contribution is 2.37. The van der Waals surface area contributed by atoms with Gasteiger partial charge in [0.05, 0.1) is 24.9 Å². The van der Waals surface area contributed by atoms with Crippen molar-refractivity contribution < 1.29 is 23.7 Å². The van der Waals surface area contributed by atoms with E-state index in [2.05, 4.69) is 35.5 Å². The van der Waals surface area contributed by atoms with Crippen molar-refractivity contribution in [2.45, 2.75) is 63.7 Å². The van der Waals surface area contributed by atoms with Crippen LogP contribution in [0.4, 0.5) is 4.79 Å². The molecule has 0 aliphatic carbocycles. The molecule has 3 aliphatic rings. The summed E-state index contributed by atoms with van der Waals surface area (Å²) >= 11 is 0. The maximum absolute atomic E-state index is 12.6. The SMILES string of the molecule is Cc1ncccc1O[C@H]1CO[C@H]2[C@@H]1OC[C@@H]2NC(=O)NCc1cccc2c1OC(C)(C)C2. The fourth-order valence-electron chi connectivity index (χ4n) is 4.66. The molecule has 1 aromatic heterocycles. The Labute approximate surface area is 187 Å². The number of carbonyl (C=O) groups is 1. The van der Waals surface area contributed by atoms with Crippen molar-refractivity contribution in [3.63, 3.8) is 0 Å². The molecule has 0 unspecified atom stereocenters. The van der Waals surface area contributed by atoms with E-state index in [1.54, 1.807) is 6.20 Å². The molecule has 0 spiro atoms. The van der Waals surface area contributed by atoms with Gasteiger partial charge in [0, 0.05) is 24.7 Å². The minimum Gasteiger partial charge on any atom is -0.487 e. The number of nitrogens with zero attached hydrogens (tertiary/aromatic N) is 1. The molecular weight excluding hydrogens is 410 g/mol. The highest BCUT2D eigenvalue weighted by atomic mass is 16.6. The number of para-hydroxylation sites is 1. The Kier molecular flexibility index (Phi) is 5.43. The smallest absolute Gasteiger partial charge is 0.315 e. The zero-order valence-corrected chi connectivity index (χ0v) is 18.6. The number of amides is 2. The Morgan fingerprint density at radius 2 is 2.03 bits per heavy atom. The van der Waals surface area contributed by atoms with Crippen LogP contribution >= 0.6 is 0 Å². The van der Waals surface area contributed by atoms with Gasteiger partial charge in [-0.1, -0.05) is 18.2 Å². The Morgan fingerprint density at radius 3 is 2.88 bits per heavy atom. The van der Waals surface area contributed by atoms with Crippen LogP contribution in [0.15, 0.2) is 36.5 Å². The van der Waals surface area contributed by atoms with Gasteiger partial charge in [0.2, 0.25) is 0 Å². The summed E-state index contributed by atoms with van der Waals surface area (Å²) in [5.41, 5.74) is 2.75. The van der Waals surface area contributed by atoms with Crippen molar-refractivity contribution in [1.29, 1.82) is 0 Å². The summed E-state index contributed by atoms with van der Waals surface area (Å²) in [5.74, 6) is 1.60. The monoisotopic (exact) mass is 439 g/mol. The van der Waals surface area contributed by atoms with Crippen LogP contribution in [-0.2, 0) is 22.4 Å². The molecule has 32 heavy (non-hydrogen) atoms. The van der Waals surface area contributed by atoms with Crippen LogP contribution in [0.1, 0.15) is 30.7 Å². The number of fused-ring (bicyclic) bond motifs is 2. The first-order chi connectivity index (χ1) is 15.4. The van der Waals surface area contributed by atoms with Crippen LogP contribution < -0.4 is 20.1 Å². The number of rotatable bonds is 5. The molecule has 4 heterocycles. The van der Waals surface area contributed by atoms with Crippen molar-refractivity contribution in [1.82, 2.24) is 15.6 Å². The first kappa shape index (κ1) is 21.0. The Morgan fingerprint density at radius 1 is 1.19 bits per heavy atom. The molecule has 4 atom stereocenters. The van der Waals surface area contributed by atoms with E-state index in [-0.39, 0.29) is 36.0 Å². The largest absolute Gasteiger partial charge is 0.487 e. The minimum atomic E-state index is -0.259. The average Bonchev–Trinajstić information content (AvgIpc) is 3.42. The van der Waals surface area contributed by atoms with Gasteiger partial charge in [0.25, 0.3) is 0 Å². The summed E-state index contributed by atoms with van der Waals surface area (Å²) in [6, 6.07) is 9.30. The molecule has 8 heteroatoms. The number of aryl methyl sites for hydroxylation is 1. The highest BCUT2D eigenvalue weighted by Gasteiger charge is 2.49. The number of benzene rings is 1. The molecule has 2 aromatic rings. The van der Waals surface area contributed by atoms with E-state index in [1.165, 1.54) is 5.56 Å². The normalized spacial score (nSPS) is 27.3. The first-order valence-electron chi connectivity index (χ1n) is 11.1. The molecule has 2 N–H and O–H groups in total. The summed E-state index contributed by atoms with van der Waals surface area (Å²) in [5, 5.41) is 5.93. The fraction of sp³-hybridized carbons (Fsp3) is 0.500. The predicted molar refractivity (Wildman–Crippen MR) is 117 cm³/mol. The van der Waals surface area contributed by atoms with Crippen LogP contribution in [0.3, 0.4) is 0 Å². The van der Waals surface area contributed by atoms with Crippen LogP contribution in [0.25, 0.3) is 0 Å². The van der Waals surface area contributed by atoms with Crippen molar-refractivity contribution in [2.75, 3.05) is 13.2 Å². The number of urea groups is 1.